The largest absolute Gasteiger partial charge is 0.465 e. The van der Waals surface area contributed by atoms with E-state index in [9.17, 15) is 9.59 Å². The Balaban J connectivity index is 1.21. The molecule has 3 saturated carbocycles. The predicted molar refractivity (Wildman–Crippen MR) is 81.9 cm³/mol. The first-order chi connectivity index (χ1) is 11.0. The van der Waals surface area contributed by atoms with Crippen molar-refractivity contribution in [2.75, 3.05) is 13.1 Å². The molecule has 6 nitrogen and oxygen atoms in total. The van der Waals surface area contributed by atoms with Crippen LogP contribution in [0.5, 0.6) is 0 Å². The maximum absolute atomic E-state index is 11.9. The van der Waals surface area contributed by atoms with E-state index >= 15 is 0 Å². The van der Waals surface area contributed by atoms with Crippen molar-refractivity contribution in [3.63, 3.8) is 0 Å². The van der Waals surface area contributed by atoms with Crippen molar-refractivity contribution in [2.45, 2.75) is 31.4 Å². The average Bonchev–Trinajstić information content (AvgIpc) is 2.40. The number of nitrogens with one attached hydrogen (secondary N) is 1. The lowest BCUT2D eigenvalue weighted by Crippen LogP contribution is -2.79. The molecule has 23 heavy (non-hydrogen) atoms. The predicted octanol–water partition coefficient (Wildman–Crippen LogP) is 2.45. The first-order valence-corrected chi connectivity index (χ1v) is 7.97. The second kappa shape index (κ2) is 4.88. The van der Waals surface area contributed by atoms with E-state index in [2.05, 4.69) is 5.32 Å². The molecule has 2 bridgehead atoms. The van der Waals surface area contributed by atoms with Crippen molar-refractivity contribution in [1.82, 2.24) is 10.2 Å². The van der Waals surface area contributed by atoms with Gasteiger partial charge in [-0.05, 0) is 30.2 Å². The highest BCUT2D eigenvalue weighted by atomic mass is 16.5. The summed E-state index contributed by atoms with van der Waals surface area (Å²) >= 11 is 0. The summed E-state index contributed by atoms with van der Waals surface area (Å²) in [5.74, 6) is 0.461. The van der Waals surface area contributed by atoms with Gasteiger partial charge in [-0.15, -0.1) is 0 Å². The highest BCUT2D eigenvalue weighted by Crippen LogP contribution is 2.71. The van der Waals surface area contributed by atoms with Crippen LogP contribution in [0.25, 0.3) is 0 Å². The van der Waals surface area contributed by atoms with Crippen molar-refractivity contribution < 1.29 is 19.4 Å². The van der Waals surface area contributed by atoms with Gasteiger partial charge in [0, 0.05) is 24.5 Å². The Kier molecular flexibility index (Phi) is 3.04. The fourth-order valence-electron chi connectivity index (χ4n) is 4.43. The van der Waals surface area contributed by atoms with Crippen LogP contribution in [0.1, 0.15) is 24.8 Å². The number of ether oxygens (including phenoxy) is 1. The highest BCUT2D eigenvalue weighted by molar-refractivity contribution is 5.69. The molecule has 1 aliphatic heterocycles. The minimum absolute atomic E-state index is 0.0998. The molecule has 5 rings (SSSR count). The van der Waals surface area contributed by atoms with Crippen LogP contribution in [0.15, 0.2) is 30.3 Å². The van der Waals surface area contributed by atoms with E-state index in [0.717, 1.165) is 24.8 Å². The van der Waals surface area contributed by atoms with Crippen LogP contribution in [-0.4, -0.2) is 40.8 Å². The second-order valence-electron chi connectivity index (χ2n) is 7.24. The molecule has 3 aliphatic carbocycles. The Hall–Kier alpha value is -2.24. The standard InChI is InChI=1S/C17H20N2O4/c20-14(23-8-12-4-2-1-3-5-12)18-17-9-16(10-17,11-17)13-6-19(7-13)15(21)22/h1-5,13H,6-11H2,(H,18,20)(H,21,22). The molecule has 1 aromatic rings. The minimum Gasteiger partial charge on any atom is -0.465 e. The van der Waals surface area contributed by atoms with Crippen LogP contribution >= 0.6 is 0 Å². The summed E-state index contributed by atoms with van der Waals surface area (Å²) in [6.45, 7) is 1.57. The van der Waals surface area contributed by atoms with E-state index in [4.69, 9.17) is 9.84 Å². The molecule has 0 aromatic heterocycles. The number of carbonyl (C=O) groups excluding carboxylic acids is 1. The normalized spacial score (nSPS) is 31.4. The first kappa shape index (κ1) is 14.4. The van der Waals surface area contributed by atoms with Gasteiger partial charge in [-0.2, -0.15) is 0 Å². The summed E-state index contributed by atoms with van der Waals surface area (Å²) in [4.78, 5) is 24.2. The Morgan fingerprint density at radius 3 is 2.48 bits per heavy atom. The van der Waals surface area contributed by atoms with E-state index in [-0.39, 0.29) is 23.7 Å². The number of carboxylic acid groups (broad SMARTS) is 1. The van der Waals surface area contributed by atoms with Gasteiger partial charge in [0.25, 0.3) is 0 Å². The SMILES string of the molecule is O=C(NC12CC(C3CN(C(=O)O)C3)(C1)C2)OCc1ccccc1. The van der Waals surface area contributed by atoms with Gasteiger partial charge in [0.2, 0.25) is 0 Å². The smallest absolute Gasteiger partial charge is 0.407 e. The third-order valence-corrected chi connectivity index (χ3v) is 5.67. The van der Waals surface area contributed by atoms with E-state index in [1.54, 1.807) is 0 Å². The van der Waals surface area contributed by atoms with Crippen molar-refractivity contribution in [1.29, 1.82) is 0 Å². The molecule has 6 heteroatoms. The molecular formula is C17H20N2O4. The van der Waals surface area contributed by atoms with Gasteiger partial charge >= 0.3 is 12.2 Å². The molecule has 1 saturated heterocycles. The molecule has 1 aromatic carbocycles. The monoisotopic (exact) mass is 316 g/mol. The Morgan fingerprint density at radius 1 is 1.22 bits per heavy atom. The molecule has 0 atom stereocenters. The Labute approximate surface area is 134 Å². The van der Waals surface area contributed by atoms with E-state index in [1.165, 1.54) is 4.90 Å². The molecule has 0 unspecified atom stereocenters. The lowest BCUT2D eigenvalue weighted by atomic mass is 9.35. The van der Waals surface area contributed by atoms with E-state index in [1.807, 2.05) is 30.3 Å². The molecule has 1 heterocycles. The number of likely N-dealkylation sites (tertiary alicyclic amines) is 1. The number of rotatable bonds is 4. The fourth-order valence-corrected chi connectivity index (χ4v) is 4.43. The number of alkyl carbamates (subject to hydrolysis) is 1. The van der Waals surface area contributed by atoms with Crippen LogP contribution in [0.3, 0.4) is 0 Å². The Morgan fingerprint density at radius 2 is 1.87 bits per heavy atom. The molecule has 2 amide bonds. The number of benzene rings is 1. The van der Waals surface area contributed by atoms with Crippen molar-refractivity contribution in [2.24, 2.45) is 11.3 Å². The summed E-state index contributed by atoms with van der Waals surface area (Å²) in [6, 6.07) is 9.61. The minimum atomic E-state index is -0.829. The number of carbonyl (C=O) groups is 2. The fraction of sp³-hybridized carbons (Fsp3) is 0.529. The lowest BCUT2D eigenvalue weighted by molar-refractivity contribution is -0.211. The van der Waals surface area contributed by atoms with Gasteiger partial charge in [0.15, 0.2) is 0 Å². The van der Waals surface area contributed by atoms with E-state index < -0.39 is 6.09 Å². The maximum Gasteiger partial charge on any atom is 0.407 e. The first-order valence-electron chi connectivity index (χ1n) is 7.97. The number of hydrogen-bond donors (Lipinski definition) is 2. The molecule has 4 fully saturated rings. The van der Waals surface area contributed by atoms with Gasteiger partial charge < -0.3 is 20.1 Å². The van der Waals surface area contributed by atoms with Crippen LogP contribution in [0.4, 0.5) is 9.59 Å². The molecular weight excluding hydrogens is 296 g/mol. The van der Waals surface area contributed by atoms with E-state index in [0.29, 0.717) is 19.0 Å². The zero-order valence-corrected chi connectivity index (χ0v) is 12.8. The van der Waals surface area contributed by atoms with Crippen LogP contribution in [0, 0.1) is 11.3 Å². The molecule has 0 spiro atoms. The summed E-state index contributed by atoms with van der Waals surface area (Å²) in [5, 5.41) is 11.9. The third kappa shape index (κ3) is 2.33. The average molecular weight is 316 g/mol. The quantitative estimate of drug-likeness (QED) is 0.894. The van der Waals surface area contributed by atoms with Gasteiger partial charge in [0.1, 0.15) is 6.61 Å². The topological polar surface area (TPSA) is 78.9 Å². The Bertz CT molecular complexity index is 619. The zero-order chi connectivity index (χ0) is 16.1. The molecule has 4 aliphatic rings. The maximum atomic E-state index is 11.9. The van der Waals surface area contributed by atoms with Gasteiger partial charge in [-0.25, -0.2) is 9.59 Å². The number of amides is 2. The number of nitrogens with zero attached hydrogens (tertiary/aromatic N) is 1. The van der Waals surface area contributed by atoms with Crippen LogP contribution in [0.2, 0.25) is 0 Å². The van der Waals surface area contributed by atoms with Gasteiger partial charge in [0.05, 0.1) is 0 Å². The summed E-state index contributed by atoms with van der Waals surface area (Å²) in [7, 11) is 0. The van der Waals surface area contributed by atoms with Crippen LogP contribution in [-0.2, 0) is 11.3 Å². The van der Waals surface area contributed by atoms with Gasteiger partial charge in [-0.3, -0.25) is 0 Å². The lowest BCUT2D eigenvalue weighted by Gasteiger charge is -2.74. The molecule has 0 radical (unpaired) electrons. The number of hydrogen-bond acceptors (Lipinski definition) is 3. The summed E-state index contributed by atoms with van der Waals surface area (Å²) in [5.41, 5.74) is 1.13. The van der Waals surface area contributed by atoms with Crippen molar-refractivity contribution in [3.8, 4) is 0 Å². The second-order valence-corrected chi connectivity index (χ2v) is 7.24. The third-order valence-electron chi connectivity index (χ3n) is 5.67. The van der Waals surface area contributed by atoms with Crippen LogP contribution < -0.4 is 5.32 Å². The van der Waals surface area contributed by atoms with Crippen molar-refractivity contribution in [3.05, 3.63) is 35.9 Å². The zero-order valence-electron chi connectivity index (χ0n) is 12.8. The summed E-state index contributed by atoms with van der Waals surface area (Å²) < 4.78 is 5.27. The highest BCUT2D eigenvalue weighted by Gasteiger charge is 2.72. The van der Waals surface area contributed by atoms with Crippen molar-refractivity contribution >= 4 is 12.2 Å². The summed E-state index contributed by atoms with van der Waals surface area (Å²) in [6.07, 6.45) is 1.68. The molecule has 2 N–H and O–H groups in total. The van der Waals surface area contributed by atoms with Gasteiger partial charge in [-0.1, -0.05) is 30.3 Å². The molecule has 122 valence electrons.